The van der Waals surface area contributed by atoms with Crippen LogP contribution in [0, 0.1) is 0 Å². The van der Waals surface area contributed by atoms with Crippen molar-refractivity contribution in [2.75, 3.05) is 0 Å². The molecule has 1 aliphatic heterocycles. The molecule has 1 unspecified atom stereocenters. The van der Waals surface area contributed by atoms with E-state index in [0.717, 1.165) is 10.8 Å². The first-order valence-corrected chi connectivity index (χ1v) is 10.0. The summed E-state index contributed by atoms with van der Waals surface area (Å²) in [6.45, 7) is 0. The van der Waals surface area contributed by atoms with Gasteiger partial charge in [-0.15, -0.1) is 0 Å². The number of nitrogens with zero attached hydrogens (tertiary/aromatic N) is 1. The number of carboxylic acid groups (broad SMARTS) is 2. The maximum atomic E-state index is 11.7. The maximum Gasteiger partial charge on any atom is 0.470 e. The Hall–Kier alpha value is -2.49. The largest absolute Gasteiger partial charge is 0.481 e. The highest BCUT2D eigenvalue weighted by Gasteiger charge is 2.60. The second-order valence-electron chi connectivity index (χ2n) is 6.81. The Labute approximate surface area is 173 Å². The molecule has 1 aromatic heterocycles. The van der Waals surface area contributed by atoms with Crippen LogP contribution >= 0.6 is 7.82 Å². The summed E-state index contributed by atoms with van der Waals surface area (Å²) in [5.41, 5.74) is 7.81. The van der Waals surface area contributed by atoms with Crippen molar-refractivity contribution in [2.45, 2.75) is 42.6 Å². The van der Waals surface area contributed by atoms with Crippen molar-refractivity contribution in [1.82, 2.24) is 0 Å². The number of aliphatic hydroxyl groups is 2. The van der Waals surface area contributed by atoms with Gasteiger partial charge in [-0.25, -0.2) is 4.57 Å². The predicted molar refractivity (Wildman–Crippen MR) is 94.8 cm³/mol. The first-order valence-electron chi connectivity index (χ1n) is 8.47. The Morgan fingerprint density at radius 2 is 1.87 bits per heavy atom. The van der Waals surface area contributed by atoms with E-state index in [2.05, 4.69) is 4.52 Å². The summed E-state index contributed by atoms with van der Waals surface area (Å²) < 4.78 is 22.3. The molecule has 2 heterocycles. The van der Waals surface area contributed by atoms with Gasteiger partial charge >= 0.3 is 19.8 Å². The van der Waals surface area contributed by atoms with Gasteiger partial charge < -0.3 is 46.4 Å². The van der Waals surface area contributed by atoms with Crippen LogP contribution in [0.25, 0.3) is 0 Å². The molecular formula is C15H21N3O12P+. The standard InChI is InChI=1S/C15H20N3O12P/c16-12(23)6-2-1-3-18(5-6)13-9(22)8(21)10(29-13)11(30-31(26,27)28)15(17,14(24)25)4-7(19)20/h1-3,5,8-11,13,21-22H,4,17H2,(H5-,16,19,20,23,24,25,26,27,28)/p+1/t8-,9+,10+,11?,13+,15-/m0/s1. The second kappa shape index (κ2) is 8.94. The number of carbonyl (C=O) groups is 3. The zero-order valence-corrected chi connectivity index (χ0v) is 16.5. The average Bonchev–Trinajstić information content (AvgIpc) is 2.93. The van der Waals surface area contributed by atoms with E-state index in [1.54, 1.807) is 0 Å². The van der Waals surface area contributed by atoms with Gasteiger partial charge in [0.15, 0.2) is 24.0 Å². The molecule has 31 heavy (non-hydrogen) atoms. The zero-order valence-electron chi connectivity index (χ0n) is 15.6. The van der Waals surface area contributed by atoms with E-state index in [4.69, 9.17) is 21.3 Å². The van der Waals surface area contributed by atoms with Gasteiger partial charge in [-0.05, 0) is 6.07 Å². The molecule has 0 aliphatic carbocycles. The lowest BCUT2D eigenvalue weighted by Gasteiger charge is -2.36. The van der Waals surface area contributed by atoms with Gasteiger partial charge in [0.25, 0.3) is 12.1 Å². The molecule has 0 spiro atoms. The first-order chi connectivity index (χ1) is 14.2. The molecule has 1 fully saturated rings. The minimum Gasteiger partial charge on any atom is -0.481 e. The average molecular weight is 466 g/mol. The number of aliphatic carboxylic acids is 2. The molecule has 0 aromatic carbocycles. The van der Waals surface area contributed by atoms with Crippen molar-refractivity contribution < 1.29 is 63.0 Å². The van der Waals surface area contributed by atoms with Crippen molar-refractivity contribution in [2.24, 2.45) is 11.5 Å². The lowest BCUT2D eigenvalue weighted by Crippen LogP contribution is -2.64. The summed E-state index contributed by atoms with van der Waals surface area (Å²) in [6, 6.07) is 2.67. The number of carboxylic acids is 2. The van der Waals surface area contributed by atoms with Gasteiger partial charge in [-0.3, -0.25) is 18.9 Å². The fourth-order valence-corrected chi connectivity index (χ4v) is 3.73. The smallest absolute Gasteiger partial charge is 0.470 e. The number of rotatable bonds is 9. The minimum atomic E-state index is -5.49. The molecule has 1 aliphatic rings. The maximum absolute atomic E-state index is 11.7. The summed E-state index contributed by atoms with van der Waals surface area (Å²) in [5, 5.41) is 39.3. The van der Waals surface area contributed by atoms with Crippen LogP contribution in [-0.2, 0) is 23.4 Å². The molecule has 1 saturated heterocycles. The lowest BCUT2D eigenvalue weighted by atomic mass is 9.84. The number of amides is 1. The van der Waals surface area contributed by atoms with E-state index in [9.17, 15) is 44.1 Å². The third-order valence-electron chi connectivity index (χ3n) is 4.57. The van der Waals surface area contributed by atoms with Crippen molar-refractivity contribution in [3.05, 3.63) is 30.1 Å². The summed E-state index contributed by atoms with van der Waals surface area (Å²) in [4.78, 5) is 52.6. The normalized spacial score (nSPS) is 26.7. The summed E-state index contributed by atoms with van der Waals surface area (Å²) in [5.74, 6) is -4.61. The number of nitrogens with two attached hydrogens (primary N) is 2. The topological polar surface area (TPSA) is 264 Å². The first kappa shape index (κ1) is 24.8. The van der Waals surface area contributed by atoms with Crippen LogP contribution in [0.3, 0.4) is 0 Å². The number of aliphatic hydroxyl groups excluding tert-OH is 2. The van der Waals surface area contributed by atoms with Crippen molar-refractivity contribution >= 4 is 25.7 Å². The molecule has 1 amide bonds. The minimum absolute atomic E-state index is 0.0242. The van der Waals surface area contributed by atoms with Crippen LogP contribution in [0.5, 0.6) is 0 Å². The number of pyridine rings is 1. The van der Waals surface area contributed by atoms with Crippen molar-refractivity contribution in [1.29, 1.82) is 0 Å². The van der Waals surface area contributed by atoms with E-state index >= 15 is 0 Å². The molecule has 16 heteroatoms. The van der Waals surface area contributed by atoms with Gasteiger partial charge in [0, 0.05) is 6.07 Å². The lowest BCUT2D eigenvalue weighted by molar-refractivity contribution is -0.766. The molecule has 6 atom stereocenters. The number of hydrogen-bond acceptors (Lipinski definition) is 9. The quantitative estimate of drug-likeness (QED) is 0.129. The van der Waals surface area contributed by atoms with E-state index in [-0.39, 0.29) is 5.56 Å². The Kier molecular flexibility index (Phi) is 7.14. The third kappa shape index (κ3) is 5.41. The fraction of sp³-hybridized carbons (Fsp3) is 0.467. The van der Waals surface area contributed by atoms with Gasteiger partial charge in [0.05, 0.1) is 6.42 Å². The van der Waals surface area contributed by atoms with Crippen molar-refractivity contribution in [3.63, 3.8) is 0 Å². The van der Waals surface area contributed by atoms with E-state index in [1.165, 1.54) is 18.3 Å². The number of phosphoric ester groups is 1. The van der Waals surface area contributed by atoms with Gasteiger partial charge in [-0.2, -0.15) is 4.57 Å². The Morgan fingerprint density at radius 1 is 1.26 bits per heavy atom. The van der Waals surface area contributed by atoms with Crippen LogP contribution in [0.4, 0.5) is 0 Å². The van der Waals surface area contributed by atoms with Gasteiger partial charge in [0.2, 0.25) is 0 Å². The third-order valence-corrected chi connectivity index (χ3v) is 5.08. The van der Waals surface area contributed by atoms with Crippen LogP contribution in [-0.4, -0.2) is 78.0 Å². The molecule has 0 radical (unpaired) electrons. The Balaban J connectivity index is 2.50. The second-order valence-corrected chi connectivity index (χ2v) is 8.00. The number of hydrogen-bond donors (Lipinski definition) is 8. The molecule has 15 nitrogen and oxygen atoms in total. The molecule has 10 N–H and O–H groups in total. The van der Waals surface area contributed by atoms with Crippen LogP contribution in [0.15, 0.2) is 24.5 Å². The molecule has 1 aromatic rings. The molecule has 0 saturated carbocycles. The fourth-order valence-electron chi connectivity index (χ4n) is 3.12. The number of ether oxygens (including phenoxy) is 1. The van der Waals surface area contributed by atoms with Gasteiger partial charge in [0.1, 0.15) is 23.9 Å². The molecule has 172 valence electrons. The van der Waals surface area contributed by atoms with Gasteiger partial charge in [-0.1, -0.05) is 0 Å². The molecule has 2 rings (SSSR count). The van der Waals surface area contributed by atoms with Crippen LogP contribution in [0.2, 0.25) is 0 Å². The van der Waals surface area contributed by atoms with Crippen molar-refractivity contribution in [3.8, 4) is 0 Å². The number of aromatic nitrogens is 1. The number of carbonyl (C=O) groups excluding carboxylic acids is 1. The highest BCUT2D eigenvalue weighted by Crippen LogP contribution is 2.44. The SMILES string of the molecule is NC(=O)c1ccc[n+]([C@@H]2O[C@@H](C(OP(=O)(O)O)[C@@](N)(CC(=O)O)C(=O)O)[C@@H](O)[C@H]2O)c1. The Bertz CT molecular complexity index is 922. The predicted octanol–water partition coefficient (Wildman–Crippen LogP) is -3.57. The zero-order chi connectivity index (χ0) is 23.7. The monoisotopic (exact) mass is 466 g/mol. The van der Waals surface area contributed by atoms with Crippen LogP contribution in [0.1, 0.15) is 23.0 Å². The summed E-state index contributed by atoms with van der Waals surface area (Å²) in [6.07, 6.45) is -8.73. The summed E-state index contributed by atoms with van der Waals surface area (Å²) in [7, 11) is -5.49. The van der Waals surface area contributed by atoms with E-state index in [0.29, 0.717) is 0 Å². The van der Waals surface area contributed by atoms with E-state index < -0.39 is 68.3 Å². The Morgan fingerprint density at radius 3 is 2.35 bits per heavy atom. The summed E-state index contributed by atoms with van der Waals surface area (Å²) >= 11 is 0. The van der Waals surface area contributed by atoms with Crippen LogP contribution < -0.4 is 16.0 Å². The highest BCUT2D eigenvalue weighted by molar-refractivity contribution is 7.46. The highest BCUT2D eigenvalue weighted by atomic mass is 31.2. The number of phosphoric acid groups is 1. The molecular weight excluding hydrogens is 445 g/mol. The number of primary amides is 1. The van der Waals surface area contributed by atoms with E-state index in [1.807, 2.05) is 0 Å². The molecule has 0 bridgehead atoms.